The van der Waals surface area contributed by atoms with E-state index in [-0.39, 0.29) is 18.4 Å². The van der Waals surface area contributed by atoms with Crippen LogP contribution in [0.4, 0.5) is 4.79 Å². The van der Waals surface area contributed by atoms with E-state index in [1.165, 1.54) is 6.42 Å². The lowest BCUT2D eigenvalue weighted by Crippen LogP contribution is -2.46. The number of rotatable bonds is 7. The molecular weight excluding hydrogens is 362 g/mol. The predicted molar refractivity (Wildman–Crippen MR) is 102 cm³/mol. The number of hydrogen-bond acceptors (Lipinski definition) is 5. The first kappa shape index (κ1) is 21.4. The average molecular weight is 389 g/mol. The summed E-state index contributed by atoms with van der Waals surface area (Å²) in [5, 5.41) is 7.59. The molecule has 152 valence electrons. The van der Waals surface area contributed by atoms with Gasteiger partial charge in [0.05, 0.1) is 6.42 Å². The number of benzene rings is 1. The van der Waals surface area contributed by atoms with Crippen molar-refractivity contribution in [2.45, 2.75) is 57.5 Å². The normalized spacial score (nSPS) is 15.2. The molecule has 4 amide bonds. The maximum absolute atomic E-state index is 12.0. The van der Waals surface area contributed by atoms with Gasteiger partial charge in [-0.1, -0.05) is 37.5 Å². The Kier molecular flexibility index (Phi) is 8.45. The van der Waals surface area contributed by atoms with Crippen molar-refractivity contribution in [2.24, 2.45) is 0 Å². The highest BCUT2D eigenvalue weighted by molar-refractivity contribution is 5.96. The Morgan fingerprint density at radius 3 is 2.43 bits per heavy atom. The fourth-order valence-electron chi connectivity index (χ4n) is 3.03. The van der Waals surface area contributed by atoms with Crippen LogP contribution in [0.3, 0.4) is 0 Å². The lowest BCUT2D eigenvalue weighted by atomic mass is 9.96. The van der Waals surface area contributed by atoms with Gasteiger partial charge in [0, 0.05) is 17.6 Å². The Hall–Kier alpha value is -2.90. The van der Waals surface area contributed by atoms with E-state index in [2.05, 4.69) is 16.0 Å². The Labute approximate surface area is 164 Å². The molecule has 0 saturated heterocycles. The first-order valence-corrected chi connectivity index (χ1v) is 9.56. The fraction of sp³-hybridized carbons (Fsp3) is 0.500. The van der Waals surface area contributed by atoms with Gasteiger partial charge in [0.2, 0.25) is 0 Å². The maximum atomic E-state index is 12.0. The van der Waals surface area contributed by atoms with E-state index in [1.807, 2.05) is 0 Å². The summed E-state index contributed by atoms with van der Waals surface area (Å²) in [5.41, 5.74) is 0.492. The van der Waals surface area contributed by atoms with E-state index in [0.717, 1.165) is 25.7 Å². The van der Waals surface area contributed by atoms with E-state index in [1.54, 1.807) is 37.3 Å². The maximum Gasteiger partial charge on any atom is 0.321 e. The van der Waals surface area contributed by atoms with Crippen LogP contribution >= 0.6 is 0 Å². The number of carbonyl (C=O) groups excluding carboxylic acids is 4. The summed E-state index contributed by atoms with van der Waals surface area (Å²) in [6, 6.07) is 7.69. The number of urea groups is 1. The van der Waals surface area contributed by atoms with Gasteiger partial charge in [0.15, 0.2) is 6.61 Å². The molecule has 0 radical (unpaired) electrons. The van der Waals surface area contributed by atoms with Crippen molar-refractivity contribution in [3.8, 4) is 0 Å². The number of nitrogens with one attached hydrogen (secondary N) is 3. The molecule has 1 aromatic carbocycles. The molecule has 2 rings (SSSR count). The predicted octanol–water partition coefficient (Wildman–Crippen LogP) is 1.90. The number of hydrogen-bond donors (Lipinski definition) is 3. The first-order chi connectivity index (χ1) is 13.4. The average Bonchev–Trinajstić information content (AvgIpc) is 2.67. The smallest absolute Gasteiger partial charge is 0.321 e. The summed E-state index contributed by atoms with van der Waals surface area (Å²) < 4.78 is 4.87. The molecule has 0 aliphatic heterocycles. The van der Waals surface area contributed by atoms with Crippen molar-refractivity contribution < 1.29 is 23.9 Å². The van der Waals surface area contributed by atoms with Crippen molar-refractivity contribution >= 4 is 23.8 Å². The standard InChI is InChI=1S/C20H27N3O5/c1-14(21-19(26)15-8-4-2-5-9-15)12-18(25)28-13-17(24)23-20(27)22-16-10-6-3-7-11-16/h2,4-5,8-9,14,16H,3,6-7,10-13H2,1H3,(H,21,26)(H2,22,23,24,27). The van der Waals surface area contributed by atoms with Gasteiger partial charge in [-0.05, 0) is 31.9 Å². The third kappa shape index (κ3) is 7.77. The van der Waals surface area contributed by atoms with E-state index >= 15 is 0 Å². The molecule has 0 spiro atoms. The van der Waals surface area contributed by atoms with Crippen molar-refractivity contribution in [3.63, 3.8) is 0 Å². The quantitative estimate of drug-likeness (QED) is 0.617. The van der Waals surface area contributed by atoms with Gasteiger partial charge < -0.3 is 15.4 Å². The third-order valence-corrected chi connectivity index (χ3v) is 4.44. The third-order valence-electron chi connectivity index (χ3n) is 4.44. The zero-order valence-corrected chi connectivity index (χ0v) is 16.0. The molecule has 1 aromatic rings. The molecule has 0 heterocycles. The molecule has 0 aromatic heterocycles. The van der Waals surface area contributed by atoms with Gasteiger partial charge in [0.25, 0.3) is 11.8 Å². The summed E-state index contributed by atoms with van der Waals surface area (Å²) in [6.45, 7) is 1.12. The summed E-state index contributed by atoms with van der Waals surface area (Å²) in [7, 11) is 0. The molecule has 1 fully saturated rings. The van der Waals surface area contributed by atoms with Gasteiger partial charge in [0.1, 0.15) is 0 Å². The number of ether oxygens (including phenoxy) is 1. The highest BCUT2D eigenvalue weighted by Gasteiger charge is 2.18. The summed E-state index contributed by atoms with van der Waals surface area (Å²) in [5.74, 6) is -1.62. The molecule has 0 bridgehead atoms. The second kappa shape index (κ2) is 11.1. The van der Waals surface area contributed by atoms with Crippen LogP contribution in [0.2, 0.25) is 0 Å². The van der Waals surface area contributed by atoms with Crippen LogP contribution in [-0.4, -0.2) is 42.5 Å². The first-order valence-electron chi connectivity index (χ1n) is 9.56. The van der Waals surface area contributed by atoms with E-state index < -0.39 is 30.6 Å². The SMILES string of the molecule is CC(CC(=O)OCC(=O)NC(=O)NC1CCCCC1)NC(=O)c1ccccc1. The van der Waals surface area contributed by atoms with Crippen LogP contribution in [0.15, 0.2) is 30.3 Å². The zero-order valence-electron chi connectivity index (χ0n) is 16.0. The highest BCUT2D eigenvalue weighted by atomic mass is 16.5. The van der Waals surface area contributed by atoms with Crippen LogP contribution in [-0.2, 0) is 14.3 Å². The van der Waals surface area contributed by atoms with Gasteiger partial charge >= 0.3 is 12.0 Å². The van der Waals surface area contributed by atoms with Crippen LogP contribution in [0.5, 0.6) is 0 Å². The lowest BCUT2D eigenvalue weighted by Gasteiger charge is -2.22. The largest absolute Gasteiger partial charge is 0.455 e. The molecule has 3 N–H and O–H groups in total. The molecule has 8 heteroatoms. The Balaban J connectivity index is 1.63. The minimum absolute atomic E-state index is 0.0816. The minimum Gasteiger partial charge on any atom is -0.455 e. The van der Waals surface area contributed by atoms with Gasteiger partial charge in [-0.15, -0.1) is 0 Å². The monoisotopic (exact) mass is 389 g/mol. The van der Waals surface area contributed by atoms with Crippen molar-refractivity contribution in [1.29, 1.82) is 0 Å². The number of esters is 1. The second-order valence-electron chi connectivity index (χ2n) is 6.96. The van der Waals surface area contributed by atoms with Crippen molar-refractivity contribution in [3.05, 3.63) is 35.9 Å². The topological polar surface area (TPSA) is 114 Å². The molecule has 1 aliphatic rings. The van der Waals surface area contributed by atoms with Crippen LogP contribution in [0.1, 0.15) is 55.8 Å². The van der Waals surface area contributed by atoms with E-state index in [9.17, 15) is 19.2 Å². The molecular formula is C20H27N3O5. The van der Waals surface area contributed by atoms with Gasteiger partial charge in [-0.3, -0.25) is 19.7 Å². The summed E-state index contributed by atoms with van der Waals surface area (Å²) in [6.07, 6.45) is 5.02. The summed E-state index contributed by atoms with van der Waals surface area (Å²) in [4.78, 5) is 47.3. The Morgan fingerprint density at radius 2 is 1.75 bits per heavy atom. The molecule has 28 heavy (non-hydrogen) atoms. The van der Waals surface area contributed by atoms with Gasteiger partial charge in [-0.2, -0.15) is 0 Å². The number of amides is 4. The molecule has 1 aliphatic carbocycles. The number of carbonyl (C=O) groups is 4. The Morgan fingerprint density at radius 1 is 1.07 bits per heavy atom. The van der Waals surface area contributed by atoms with Crippen molar-refractivity contribution in [1.82, 2.24) is 16.0 Å². The van der Waals surface area contributed by atoms with Crippen LogP contribution in [0, 0.1) is 0 Å². The van der Waals surface area contributed by atoms with Crippen molar-refractivity contribution in [2.75, 3.05) is 6.61 Å². The lowest BCUT2D eigenvalue weighted by molar-refractivity contribution is -0.148. The molecule has 1 atom stereocenters. The number of imide groups is 1. The van der Waals surface area contributed by atoms with E-state index in [0.29, 0.717) is 5.56 Å². The second-order valence-corrected chi connectivity index (χ2v) is 6.96. The zero-order chi connectivity index (χ0) is 20.4. The molecule has 8 nitrogen and oxygen atoms in total. The van der Waals surface area contributed by atoms with E-state index in [4.69, 9.17) is 4.74 Å². The fourth-order valence-corrected chi connectivity index (χ4v) is 3.03. The highest BCUT2D eigenvalue weighted by Crippen LogP contribution is 2.17. The molecule has 1 unspecified atom stereocenters. The minimum atomic E-state index is -0.692. The Bertz CT molecular complexity index is 686. The summed E-state index contributed by atoms with van der Waals surface area (Å²) >= 11 is 0. The van der Waals surface area contributed by atoms with Gasteiger partial charge in [-0.25, -0.2) is 4.79 Å². The van der Waals surface area contributed by atoms with Crippen LogP contribution < -0.4 is 16.0 Å². The molecule has 1 saturated carbocycles. The van der Waals surface area contributed by atoms with Crippen LogP contribution in [0.25, 0.3) is 0 Å².